The lowest BCUT2D eigenvalue weighted by atomic mass is 10.1. The van der Waals surface area contributed by atoms with Gasteiger partial charge in [-0.25, -0.2) is 0 Å². The van der Waals surface area contributed by atoms with Crippen LogP contribution in [0.2, 0.25) is 0 Å². The number of benzene rings is 2. The normalized spacial score (nSPS) is 11.0. The van der Waals surface area contributed by atoms with Crippen LogP contribution in [0.3, 0.4) is 0 Å². The molecule has 1 aromatic heterocycles. The Balaban J connectivity index is 2.42. The largest absolute Gasteiger partial charge is 0.508 e. The average Bonchev–Trinajstić information content (AvgIpc) is 2.48. The molecular formula is C15H9IO7. The van der Waals surface area contributed by atoms with Gasteiger partial charge in [-0.2, -0.15) is 0 Å². The molecule has 0 aliphatic carbocycles. The van der Waals surface area contributed by atoms with E-state index in [9.17, 15) is 30.3 Å². The van der Waals surface area contributed by atoms with E-state index in [4.69, 9.17) is 4.42 Å². The minimum Gasteiger partial charge on any atom is -0.508 e. The molecule has 0 amide bonds. The molecule has 2 aromatic carbocycles. The maximum Gasteiger partial charge on any atom is 0.238 e. The van der Waals surface area contributed by atoms with Gasteiger partial charge in [-0.05, 0) is 34.7 Å². The molecule has 5 N–H and O–H groups in total. The van der Waals surface area contributed by atoms with Crippen LogP contribution in [0.15, 0.2) is 33.5 Å². The van der Waals surface area contributed by atoms with Gasteiger partial charge in [-0.3, -0.25) is 4.79 Å². The van der Waals surface area contributed by atoms with Gasteiger partial charge in [0.05, 0.1) is 3.57 Å². The summed E-state index contributed by atoms with van der Waals surface area (Å²) in [6, 6.07) is 4.60. The fourth-order valence-corrected chi connectivity index (χ4v) is 2.89. The van der Waals surface area contributed by atoms with Crippen LogP contribution < -0.4 is 5.43 Å². The van der Waals surface area contributed by atoms with Gasteiger partial charge in [-0.15, -0.1) is 0 Å². The number of hydrogen-bond donors (Lipinski definition) is 5. The Hall–Kier alpha value is -2.62. The minimum absolute atomic E-state index is 0.135. The second-order valence-corrected chi connectivity index (χ2v) is 5.82. The third kappa shape index (κ3) is 2.31. The number of hydrogen-bond acceptors (Lipinski definition) is 7. The van der Waals surface area contributed by atoms with E-state index in [1.165, 1.54) is 12.1 Å². The molecule has 1 heterocycles. The van der Waals surface area contributed by atoms with Crippen molar-refractivity contribution < 1.29 is 29.9 Å². The van der Waals surface area contributed by atoms with Crippen molar-refractivity contribution in [2.45, 2.75) is 0 Å². The Morgan fingerprint density at radius 2 is 1.61 bits per heavy atom. The maximum absolute atomic E-state index is 12.3. The van der Waals surface area contributed by atoms with Crippen molar-refractivity contribution in [3.63, 3.8) is 0 Å². The highest BCUT2D eigenvalue weighted by Gasteiger charge is 2.22. The summed E-state index contributed by atoms with van der Waals surface area (Å²) in [4.78, 5) is 12.3. The minimum atomic E-state index is -0.887. The highest BCUT2D eigenvalue weighted by Crippen LogP contribution is 2.41. The molecule has 0 aliphatic rings. The Labute approximate surface area is 141 Å². The molecule has 23 heavy (non-hydrogen) atoms. The monoisotopic (exact) mass is 428 g/mol. The second kappa shape index (κ2) is 5.23. The molecule has 3 aromatic rings. The summed E-state index contributed by atoms with van der Waals surface area (Å²) in [6.45, 7) is 0. The Bertz CT molecular complexity index is 1010. The van der Waals surface area contributed by atoms with Gasteiger partial charge in [0.1, 0.15) is 22.5 Å². The predicted octanol–water partition coefficient (Wildman–Crippen LogP) is 2.59. The first kappa shape index (κ1) is 15.3. The lowest BCUT2D eigenvalue weighted by Crippen LogP contribution is -2.03. The molecule has 0 fully saturated rings. The summed E-state index contributed by atoms with van der Waals surface area (Å²) in [5.41, 5.74) is -0.856. The quantitative estimate of drug-likeness (QED) is 0.298. The second-order valence-electron chi connectivity index (χ2n) is 4.74. The smallest absolute Gasteiger partial charge is 0.238 e. The van der Waals surface area contributed by atoms with Crippen LogP contribution in [-0.4, -0.2) is 25.5 Å². The molecule has 3 rings (SSSR count). The van der Waals surface area contributed by atoms with Crippen molar-refractivity contribution >= 4 is 33.6 Å². The maximum atomic E-state index is 12.3. The molecule has 7 nitrogen and oxygen atoms in total. The van der Waals surface area contributed by atoms with E-state index in [1.54, 1.807) is 22.6 Å². The van der Waals surface area contributed by atoms with Crippen molar-refractivity contribution in [3.8, 4) is 40.1 Å². The number of phenols is 4. The molecule has 0 spiro atoms. The topological polar surface area (TPSA) is 131 Å². The van der Waals surface area contributed by atoms with Gasteiger partial charge in [0.2, 0.25) is 11.2 Å². The molecule has 0 bridgehead atoms. The Morgan fingerprint density at radius 1 is 0.913 bits per heavy atom. The van der Waals surface area contributed by atoms with E-state index < -0.39 is 22.7 Å². The third-order valence-corrected chi connectivity index (χ3v) is 4.37. The first-order valence-electron chi connectivity index (χ1n) is 6.23. The van der Waals surface area contributed by atoms with Crippen LogP contribution in [0, 0.1) is 3.57 Å². The van der Waals surface area contributed by atoms with Crippen LogP contribution in [0.4, 0.5) is 0 Å². The highest BCUT2D eigenvalue weighted by molar-refractivity contribution is 14.1. The van der Waals surface area contributed by atoms with Crippen LogP contribution in [0.1, 0.15) is 0 Å². The fourth-order valence-electron chi connectivity index (χ4n) is 2.19. The third-order valence-electron chi connectivity index (χ3n) is 3.27. The summed E-state index contributed by atoms with van der Waals surface area (Å²) >= 11 is 1.72. The van der Waals surface area contributed by atoms with E-state index in [0.717, 1.165) is 12.1 Å². The van der Waals surface area contributed by atoms with Gasteiger partial charge in [0.25, 0.3) is 0 Å². The van der Waals surface area contributed by atoms with E-state index in [0.29, 0.717) is 0 Å². The average molecular weight is 428 g/mol. The number of halogens is 1. The molecule has 0 aliphatic heterocycles. The predicted molar refractivity (Wildman–Crippen MR) is 89.0 cm³/mol. The summed E-state index contributed by atoms with van der Waals surface area (Å²) in [5, 5.41) is 48.3. The van der Waals surface area contributed by atoms with Crippen molar-refractivity contribution in [1.82, 2.24) is 0 Å². The SMILES string of the molecule is O=c1c(O)c(-c2ccc(O)c(O)c2I)oc2cc(O)cc(O)c12. The van der Waals surface area contributed by atoms with Crippen LogP contribution in [0.5, 0.6) is 28.7 Å². The lowest BCUT2D eigenvalue weighted by molar-refractivity contribution is 0.401. The van der Waals surface area contributed by atoms with E-state index in [1.807, 2.05) is 0 Å². The number of fused-ring (bicyclic) bond motifs is 1. The summed E-state index contributed by atoms with van der Waals surface area (Å²) < 4.78 is 5.59. The number of aromatic hydroxyl groups is 5. The van der Waals surface area contributed by atoms with Crippen molar-refractivity contribution in [2.24, 2.45) is 0 Å². The fraction of sp³-hybridized carbons (Fsp3) is 0. The van der Waals surface area contributed by atoms with Crippen molar-refractivity contribution in [3.05, 3.63) is 38.1 Å². The van der Waals surface area contributed by atoms with Gasteiger partial charge >= 0.3 is 0 Å². The highest BCUT2D eigenvalue weighted by atomic mass is 127. The first-order valence-corrected chi connectivity index (χ1v) is 7.31. The van der Waals surface area contributed by atoms with Gasteiger partial charge in [0.15, 0.2) is 17.3 Å². The molecule has 0 saturated heterocycles. The standard InChI is InChI=1S/C15H9IO7/c16-11-6(1-2-7(18)12(11)20)15-14(22)13(21)10-8(19)3-5(17)4-9(10)23-15/h1-4,17-20,22H. The molecule has 0 radical (unpaired) electrons. The van der Waals surface area contributed by atoms with E-state index in [2.05, 4.69) is 0 Å². The van der Waals surface area contributed by atoms with Crippen LogP contribution >= 0.6 is 22.6 Å². The van der Waals surface area contributed by atoms with E-state index >= 15 is 0 Å². The zero-order valence-electron chi connectivity index (χ0n) is 11.2. The van der Waals surface area contributed by atoms with Crippen molar-refractivity contribution in [2.75, 3.05) is 0 Å². The van der Waals surface area contributed by atoms with Crippen LogP contribution in [-0.2, 0) is 0 Å². The summed E-state index contributed by atoms with van der Waals surface area (Å²) in [6.07, 6.45) is 0. The Kier molecular flexibility index (Phi) is 3.48. The zero-order chi connectivity index (χ0) is 16.9. The first-order chi connectivity index (χ1) is 10.8. The van der Waals surface area contributed by atoms with Crippen molar-refractivity contribution in [1.29, 1.82) is 0 Å². The van der Waals surface area contributed by atoms with Gasteiger partial charge in [-0.1, -0.05) is 0 Å². The van der Waals surface area contributed by atoms with Gasteiger partial charge in [0, 0.05) is 17.7 Å². The molecule has 0 atom stereocenters. The van der Waals surface area contributed by atoms with Crippen LogP contribution in [0.25, 0.3) is 22.3 Å². The molecule has 118 valence electrons. The number of phenolic OH excluding ortho intramolecular Hbond substituents is 4. The lowest BCUT2D eigenvalue weighted by Gasteiger charge is -2.10. The molecule has 0 unspecified atom stereocenters. The number of rotatable bonds is 1. The molecule has 0 saturated carbocycles. The van der Waals surface area contributed by atoms with Gasteiger partial charge < -0.3 is 29.9 Å². The molecular weight excluding hydrogens is 419 g/mol. The Morgan fingerprint density at radius 3 is 2.30 bits per heavy atom. The molecule has 8 heteroatoms. The summed E-state index contributed by atoms with van der Waals surface area (Å²) in [7, 11) is 0. The summed E-state index contributed by atoms with van der Waals surface area (Å²) in [5.74, 6) is -2.66. The van der Waals surface area contributed by atoms with E-state index in [-0.39, 0.29) is 37.4 Å². The zero-order valence-corrected chi connectivity index (χ0v) is 13.4.